The highest BCUT2D eigenvalue weighted by molar-refractivity contribution is 6.32. The molecule has 2 aliphatic rings. The second-order valence-corrected chi connectivity index (χ2v) is 6.35. The molecule has 1 saturated heterocycles. The molecule has 25 heavy (non-hydrogen) atoms. The molecule has 1 aromatic carbocycles. The van der Waals surface area contributed by atoms with Crippen molar-refractivity contribution in [3.8, 4) is 11.5 Å². The number of fused-ring (bicyclic) bond motifs is 1. The van der Waals surface area contributed by atoms with E-state index in [9.17, 15) is 9.59 Å². The van der Waals surface area contributed by atoms with E-state index in [0.29, 0.717) is 36.2 Å². The van der Waals surface area contributed by atoms with Crippen molar-refractivity contribution < 1.29 is 23.8 Å². The fraction of sp³-hybridized carbons (Fsp3) is 0.444. The first-order valence-corrected chi connectivity index (χ1v) is 8.69. The van der Waals surface area contributed by atoms with Crippen molar-refractivity contribution in [2.24, 2.45) is 5.92 Å². The number of carbonyl (C=O) groups is 2. The molecule has 1 atom stereocenters. The Morgan fingerprint density at radius 1 is 1.40 bits per heavy atom. The summed E-state index contributed by atoms with van der Waals surface area (Å²) in [4.78, 5) is 26.0. The van der Waals surface area contributed by atoms with Gasteiger partial charge in [0.1, 0.15) is 0 Å². The van der Waals surface area contributed by atoms with E-state index in [1.807, 2.05) is 0 Å². The van der Waals surface area contributed by atoms with Gasteiger partial charge in [0.05, 0.1) is 17.5 Å². The molecule has 1 fully saturated rings. The summed E-state index contributed by atoms with van der Waals surface area (Å²) in [6.07, 6.45) is 4.72. The van der Waals surface area contributed by atoms with E-state index in [1.165, 1.54) is 6.08 Å². The smallest absolute Gasteiger partial charge is 0.310 e. The molecule has 7 heteroatoms. The lowest BCUT2D eigenvalue weighted by Gasteiger charge is -2.30. The van der Waals surface area contributed by atoms with E-state index in [4.69, 9.17) is 25.8 Å². The summed E-state index contributed by atoms with van der Waals surface area (Å²) in [6, 6.07) is 3.49. The first-order chi connectivity index (χ1) is 12.1. The highest BCUT2D eigenvalue weighted by Gasteiger charge is 2.28. The Morgan fingerprint density at radius 2 is 2.24 bits per heavy atom. The van der Waals surface area contributed by atoms with Crippen LogP contribution in [0.5, 0.6) is 11.5 Å². The minimum absolute atomic E-state index is 0.136. The van der Waals surface area contributed by atoms with Crippen LogP contribution in [-0.4, -0.2) is 43.3 Å². The average molecular weight is 366 g/mol. The minimum atomic E-state index is -0.244. The van der Waals surface area contributed by atoms with Gasteiger partial charge in [-0.1, -0.05) is 11.6 Å². The molecule has 0 saturated carbocycles. The zero-order valence-corrected chi connectivity index (χ0v) is 14.8. The predicted octanol–water partition coefficient (Wildman–Crippen LogP) is 2.88. The van der Waals surface area contributed by atoms with Gasteiger partial charge >= 0.3 is 5.97 Å². The van der Waals surface area contributed by atoms with E-state index in [-0.39, 0.29) is 24.6 Å². The van der Waals surface area contributed by atoms with Gasteiger partial charge in [0.2, 0.25) is 12.7 Å². The summed E-state index contributed by atoms with van der Waals surface area (Å²) in [5.74, 6) is 0.485. The predicted molar refractivity (Wildman–Crippen MR) is 92.5 cm³/mol. The number of amides is 1. The minimum Gasteiger partial charge on any atom is -0.466 e. The van der Waals surface area contributed by atoms with Crippen LogP contribution in [0.4, 0.5) is 0 Å². The Kier molecular flexibility index (Phi) is 5.48. The Bertz CT molecular complexity index is 703. The van der Waals surface area contributed by atoms with Crippen LogP contribution >= 0.6 is 11.6 Å². The van der Waals surface area contributed by atoms with Crippen LogP contribution < -0.4 is 9.47 Å². The lowest BCUT2D eigenvalue weighted by molar-refractivity contribution is -0.150. The van der Waals surface area contributed by atoms with E-state index in [1.54, 1.807) is 30.0 Å². The maximum absolute atomic E-state index is 12.4. The van der Waals surface area contributed by atoms with Crippen molar-refractivity contribution in [1.82, 2.24) is 4.90 Å². The number of piperidine rings is 1. The van der Waals surface area contributed by atoms with Crippen LogP contribution in [0.3, 0.4) is 0 Å². The second-order valence-electron chi connectivity index (χ2n) is 5.95. The third kappa shape index (κ3) is 4.07. The van der Waals surface area contributed by atoms with Crippen LogP contribution in [0.2, 0.25) is 5.02 Å². The second kappa shape index (κ2) is 7.78. The van der Waals surface area contributed by atoms with Crippen molar-refractivity contribution in [1.29, 1.82) is 0 Å². The van der Waals surface area contributed by atoms with Crippen molar-refractivity contribution in [3.05, 3.63) is 28.8 Å². The van der Waals surface area contributed by atoms with E-state index >= 15 is 0 Å². The standard InChI is InChI=1S/C18H20ClNO5/c1-2-23-18(22)13-4-3-7-20(10-13)16(21)6-5-12-8-14(19)17-15(9-12)24-11-25-17/h5-6,8-9,13H,2-4,7,10-11H2,1H3/b6-5+. The van der Waals surface area contributed by atoms with Crippen LogP contribution in [0.25, 0.3) is 6.08 Å². The molecule has 0 radical (unpaired) electrons. The third-order valence-electron chi connectivity index (χ3n) is 4.22. The number of nitrogens with zero attached hydrogens (tertiary/aromatic N) is 1. The molecule has 0 aliphatic carbocycles. The van der Waals surface area contributed by atoms with Gasteiger partial charge < -0.3 is 19.1 Å². The Balaban J connectivity index is 1.64. The van der Waals surface area contributed by atoms with Gasteiger partial charge in [0.15, 0.2) is 11.5 Å². The number of hydrogen-bond donors (Lipinski definition) is 0. The molecule has 2 heterocycles. The molecule has 0 spiro atoms. The summed E-state index contributed by atoms with van der Waals surface area (Å²) < 4.78 is 15.6. The summed E-state index contributed by atoms with van der Waals surface area (Å²) in [5.41, 5.74) is 0.751. The van der Waals surface area contributed by atoms with Gasteiger partial charge in [-0.15, -0.1) is 0 Å². The fourth-order valence-electron chi connectivity index (χ4n) is 2.99. The summed E-state index contributed by atoms with van der Waals surface area (Å²) in [6.45, 7) is 3.31. The molecule has 0 N–H and O–H groups in total. The lowest BCUT2D eigenvalue weighted by Crippen LogP contribution is -2.42. The fourth-order valence-corrected chi connectivity index (χ4v) is 3.26. The van der Waals surface area contributed by atoms with Gasteiger partial charge in [-0.25, -0.2) is 0 Å². The van der Waals surface area contributed by atoms with Gasteiger partial charge in [-0.2, -0.15) is 0 Å². The number of likely N-dealkylation sites (tertiary alicyclic amines) is 1. The number of halogens is 1. The van der Waals surface area contributed by atoms with E-state index in [2.05, 4.69) is 0 Å². The maximum Gasteiger partial charge on any atom is 0.310 e. The van der Waals surface area contributed by atoms with Crippen LogP contribution in [0.15, 0.2) is 18.2 Å². The SMILES string of the molecule is CCOC(=O)C1CCCN(C(=O)/C=C/c2cc(Cl)c3c(c2)OCO3)C1. The number of hydrogen-bond acceptors (Lipinski definition) is 5. The molecule has 134 valence electrons. The van der Waals surface area contributed by atoms with Crippen molar-refractivity contribution >= 4 is 29.6 Å². The van der Waals surface area contributed by atoms with Gasteiger partial charge in [-0.3, -0.25) is 9.59 Å². The number of esters is 1. The first-order valence-electron chi connectivity index (χ1n) is 8.31. The molecular formula is C18H20ClNO5. The number of rotatable bonds is 4. The highest BCUT2D eigenvalue weighted by Crippen LogP contribution is 2.40. The number of carbonyl (C=O) groups excluding carboxylic acids is 2. The molecule has 3 rings (SSSR count). The quantitative estimate of drug-likeness (QED) is 0.606. The first kappa shape index (κ1) is 17.6. The van der Waals surface area contributed by atoms with Crippen LogP contribution in [0.1, 0.15) is 25.3 Å². The van der Waals surface area contributed by atoms with Gasteiger partial charge in [-0.05, 0) is 43.5 Å². The molecule has 1 aromatic rings. The molecule has 6 nitrogen and oxygen atoms in total. The molecule has 1 amide bonds. The molecule has 0 bridgehead atoms. The summed E-state index contributed by atoms with van der Waals surface area (Å²) >= 11 is 6.14. The molecule has 0 aromatic heterocycles. The lowest BCUT2D eigenvalue weighted by atomic mass is 9.98. The van der Waals surface area contributed by atoms with E-state index < -0.39 is 0 Å². The van der Waals surface area contributed by atoms with Crippen molar-refractivity contribution in [3.63, 3.8) is 0 Å². The third-order valence-corrected chi connectivity index (χ3v) is 4.50. The topological polar surface area (TPSA) is 65.1 Å². The average Bonchev–Trinajstić information content (AvgIpc) is 3.09. The summed E-state index contributed by atoms with van der Waals surface area (Å²) in [5, 5.41) is 0.447. The zero-order valence-electron chi connectivity index (χ0n) is 14.0. The molecule has 1 unspecified atom stereocenters. The maximum atomic E-state index is 12.4. The largest absolute Gasteiger partial charge is 0.466 e. The number of benzene rings is 1. The van der Waals surface area contributed by atoms with Crippen LogP contribution in [0, 0.1) is 5.92 Å². The Morgan fingerprint density at radius 3 is 3.04 bits per heavy atom. The zero-order chi connectivity index (χ0) is 17.8. The van der Waals surface area contributed by atoms with Gasteiger partial charge in [0.25, 0.3) is 0 Å². The highest BCUT2D eigenvalue weighted by atomic mass is 35.5. The summed E-state index contributed by atoms with van der Waals surface area (Å²) in [7, 11) is 0. The normalized spacial score (nSPS) is 19.3. The van der Waals surface area contributed by atoms with Crippen LogP contribution in [-0.2, 0) is 14.3 Å². The molecular weight excluding hydrogens is 346 g/mol. The molecule has 2 aliphatic heterocycles. The number of ether oxygens (including phenoxy) is 3. The van der Waals surface area contributed by atoms with Crippen molar-refractivity contribution in [2.75, 3.05) is 26.5 Å². The van der Waals surface area contributed by atoms with Crippen molar-refractivity contribution in [2.45, 2.75) is 19.8 Å². The van der Waals surface area contributed by atoms with Gasteiger partial charge in [0, 0.05) is 19.2 Å². The van der Waals surface area contributed by atoms with E-state index in [0.717, 1.165) is 18.4 Å². The Labute approximate surface area is 151 Å². The monoisotopic (exact) mass is 365 g/mol. The Hall–Kier alpha value is -2.21.